The molecular weight excluding hydrogens is 360 g/mol. The molecule has 8 heteroatoms. The average Bonchev–Trinajstić information content (AvgIpc) is 2.94. The predicted molar refractivity (Wildman–Crippen MR) is 97.5 cm³/mol. The van der Waals surface area contributed by atoms with E-state index in [4.69, 9.17) is 21.1 Å². The van der Waals surface area contributed by atoms with Gasteiger partial charge in [0.25, 0.3) is 11.6 Å². The number of rotatable bonds is 5. The minimum atomic E-state index is -0.630. The first-order valence-corrected chi connectivity index (χ1v) is 8.48. The molecule has 1 heterocycles. The fraction of sp³-hybridized carbons (Fsp3) is 0.278. The van der Waals surface area contributed by atoms with Gasteiger partial charge in [-0.25, -0.2) is 0 Å². The lowest BCUT2D eigenvalue weighted by atomic mass is 10.1. The summed E-state index contributed by atoms with van der Waals surface area (Å²) in [4.78, 5) is 22.9. The van der Waals surface area contributed by atoms with Crippen LogP contribution in [0.25, 0.3) is 0 Å². The third-order valence-corrected chi connectivity index (χ3v) is 4.27. The largest absolute Gasteiger partial charge is 0.492 e. The van der Waals surface area contributed by atoms with Crippen LogP contribution < -0.4 is 14.8 Å². The van der Waals surface area contributed by atoms with E-state index in [1.54, 1.807) is 6.07 Å². The molecule has 0 fully saturated rings. The van der Waals surface area contributed by atoms with Crippen molar-refractivity contribution >= 4 is 28.9 Å². The van der Waals surface area contributed by atoms with Gasteiger partial charge in [0.05, 0.1) is 17.2 Å². The molecule has 1 amide bonds. The molecule has 0 radical (unpaired) electrons. The number of amides is 1. The maximum absolute atomic E-state index is 12.5. The van der Waals surface area contributed by atoms with E-state index < -0.39 is 10.8 Å². The summed E-state index contributed by atoms with van der Waals surface area (Å²) in [6, 6.07) is 7.46. The van der Waals surface area contributed by atoms with Crippen LogP contribution in [0.1, 0.15) is 29.8 Å². The first-order chi connectivity index (χ1) is 12.4. The molecule has 0 saturated heterocycles. The highest BCUT2D eigenvalue weighted by Crippen LogP contribution is 2.38. The topological polar surface area (TPSA) is 90.7 Å². The van der Waals surface area contributed by atoms with Crippen LogP contribution in [0.2, 0.25) is 5.02 Å². The van der Waals surface area contributed by atoms with Gasteiger partial charge in [0.15, 0.2) is 0 Å². The van der Waals surface area contributed by atoms with Gasteiger partial charge in [-0.05, 0) is 32.0 Å². The van der Waals surface area contributed by atoms with E-state index in [-0.39, 0.29) is 22.4 Å². The van der Waals surface area contributed by atoms with Crippen LogP contribution in [-0.2, 0) is 6.42 Å². The van der Waals surface area contributed by atoms with Gasteiger partial charge in [0.1, 0.15) is 22.6 Å². The summed E-state index contributed by atoms with van der Waals surface area (Å²) >= 11 is 5.79. The van der Waals surface area contributed by atoms with Crippen LogP contribution in [0.3, 0.4) is 0 Å². The van der Waals surface area contributed by atoms with Gasteiger partial charge < -0.3 is 14.8 Å². The highest BCUT2D eigenvalue weighted by molar-refractivity contribution is 6.32. The summed E-state index contributed by atoms with van der Waals surface area (Å²) in [5, 5.41) is 13.7. The summed E-state index contributed by atoms with van der Waals surface area (Å²) in [7, 11) is 0. The molecule has 2 aromatic carbocycles. The zero-order chi connectivity index (χ0) is 18.8. The standard InChI is InChI=1S/C18H17ClN2O5/c1-3-25-17-8-12-6-10(2)26-16(12)9-14(17)20-18(22)11-4-5-13(19)15(7-11)21(23)24/h4-5,7-10H,3,6H2,1-2H3,(H,20,22)/t10-/m0/s1. The zero-order valence-electron chi connectivity index (χ0n) is 14.2. The Bertz CT molecular complexity index is 884. The number of hydrogen-bond acceptors (Lipinski definition) is 5. The highest BCUT2D eigenvalue weighted by Gasteiger charge is 2.23. The molecule has 1 aliphatic rings. The monoisotopic (exact) mass is 376 g/mol. The molecule has 1 aliphatic heterocycles. The molecule has 1 N–H and O–H groups in total. The number of fused-ring (bicyclic) bond motifs is 1. The minimum absolute atomic E-state index is 0.0264. The Balaban J connectivity index is 1.91. The molecule has 0 spiro atoms. The van der Waals surface area contributed by atoms with E-state index in [0.717, 1.165) is 18.1 Å². The number of nitro benzene ring substituents is 1. The molecule has 0 unspecified atom stereocenters. The third kappa shape index (κ3) is 3.57. The van der Waals surface area contributed by atoms with Crippen LogP contribution in [0.5, 0.6) is 11.5 Å². The van der Waals surface area contributed by atoms with Crippen molar-refractivity contribution < 1.29 is 19.2 Å². The second kappa shape index (κ2) is 7.21. The minimum Gasteiger partial charge on any atom is -0.492 e. The lowest BCUT2D eigenvalue weighted by Crippen LogP contribution is -2.13. The molecule has 7 nitrogen and oxygen atoms in total. The maximum atomic E-state index is 12.5. The third-order valence-electron chi connectivity index (χ3n) is 3.95. The van der Waals surface area contributed by atoms with E-state index in [1.165, 1.54) is 12.1 Å². The van der Waals surface area contributed by atoms with E-state index >= 15 is 0 Å². The van der Waals surface area contributed by atoms with Crippen molar-refractivity contribution in [2.45, 2.75) is 26.4 Å². The average molecular weight is 377 g/mol. The Labute approximate surface area is 155 Å². The quantitative estimate of drug-likeness (QED) is 0.623. The molecule has 3 rings (SSSR count). The van der Waals surface area contributed by atoms with Gasteiger partial charge in [-0.3, -0.25) is 14.9 Å². The fourth-order valence-corrected chi connectivity index (χ4v) is 2.99. The van der Waals surface area contributed by atoms with Crippen LogP contribution in [-0.4, -0.2) is 23.5 Å². The summed E-state index contributed by atoms with van der Waals surface area (Å²) in [6.07, 6.45) is 0.830. The molecule has 2 aromatic rings. The van der Waals surface area contributed by atoms with Crippen molar-refractivity contribution in [3.05, 3.63) is 56.6 Å². The Kier molecular flexibility index (Phi) is 4.99. The summed E-state index contributed by atoms with van der Waals surface area (Å²) in [5.41, 5.74) is 1.26. The van der Waals surface area contributed by atoms with Crippen LogP contribution in [0.15, 0.2) is 30.3 Å². The Morgan fingerprint density at radius 3 is 2.88 bits per heavy atom. The van der Waals surface area contributed by atoms with Gasteiger partial charge in [0.2, 0.25) is 0 Å². The molecule has 0 saturated carbocycles. The van der Waals surface area contributed by atoms with Gasteiger partial charge in [-0.15, -0.1) is 0 Å². The number of hydrogen-bond donors (Lipinski definition) is 1. The van der Waals surface area contributed by atoms with Crippen LogP contribution in [0.4, 0.5) is 11.4 Å². The van der Waals surface area contributed by atoms with E-state index in [2.05, 4.69) is 5.32 Å². The number of carbonyl (C=O) groups is 1. The number of nitrogens with zero attached hydrogens (tertiary/aromatic N) is 1. The number of nitrogens with one attached hydrogen (secondary N) is 1. The van der Waals surface area contributed by atoms with Crippen LogP contribution >= 0.6 is 11.6 Å². The van der Waals surface area contributed by atoms with Gasteiger partial charge in [0, 0.05) is 29.7 Å². The zero-order valence-corrected chi connectivity index (χ0v) is 15.0. The Morgan fingerprint density at radius 1 is 1.42 bits per heavy atom. The van der Waals surface area contributed by atoms with Crippen LogP contribution in [0, 0.1) is 10.1 Å². The van der Waals surface area contributed by atoms with Crippen molar-refractivity contribution in [1.82, 2.24) is 0 Å². The number of ether oxygens (including phenoxy) is 2. The summed E-state index contributed by atoms with van der Waals surface area (Å²) < 4.78 is 11.3. The lowest BCUT2D eigenvalue weighted by molar-refractivity contribution is -0.384. The maximum Gasteiger partial charge on any atom is 0.288 e. The Morgan fingerprint density at radius 2 is 2.19 bits per heavy atom. The van der Waals surface area contributed by atoms with E-state index in [0.29, 0.717) is 23.8 Å². The predicted octanol–water partition coefficient (Wildman–Crippen LogP) is 4.22. The van der Waals surface area contributed by atoms with Crippen molar-refractivity contribution in [2.75, 3.05) is 11.9 Å². The van der Waals surface area contributed by atoms with E-state index in [1.807, 2.05) is 19.9 Å². The number of carbonyl (C=O) groups excluding carboxylic acids is 1. The number of anilines is 1. The smallest absolute Gasteiger partial charge is 0.288 e. The first kappa shape index (κ1) is 18.0. The van der Waals surface area contributed by atoms with Crippen molar-refractivity contribution in [1.29, 1.82) is 0 Å². The van der Waals surface area contributed by atoms with Crippen molar-refractivity contribution in [3.8, 4) is 11.5 Å². The second-order valence-electron chi connectivity index (χ2n) is 5.90. The fourth-order valence-electron chi connectivity index (χ4n) is 2.80. The molecule has 26 heavy (non-hydrogen) atoms. The number of nitro groups is 1. The second-order valence-corrected chi connectivity index (χ2v) is 6.31. The van der Waals surface area contributed by atoms with E-state index in [9.17, 15) is 14.9 Å². The molecule has 0 bridgehead atoms. The SMILES string of the molecule is CCOc1cc2c(cc1NC(=O)c1ccc(Cl)c([N+](=O)[O-])c1)O[C@@H](C)C2. The van der Waals surface area contributed by atoms with Crippen molar-refractivity contribution in [2.24, 2.45) is 0 Å². The molecule has 136 valence electrons. The van der Waals surface area contributed by atoms with Gasteiger partial charge in [-0.1, -0.05) is 11.6 Å². The molecule has 1 atom stereocenters. The summed E-state index contributed by atoms with van der Waals surface area (Å²) in [6.45, 7) is 4.25. The van der Waals surface area contributed by atoms with Gasteiger partial charge in [-0.2, -0.15) is 0 Å². The highest BCUT2D eigenvalue weighted by atomic mass is 35.5. The number of benzene rings is 2. The van der Waals surface area contributed by atoms with Gasteiger partial charge >= 0.3 is 0 Å². The number of halogens is 1. The lowest BCUT2D eigenvalue weighted by Gasteiger charge is -2.13. The first-order valence-electron chi connectivity index (χ1n) is 8.10. The molecule has 0 aromatic heterocycles. The summed E-state index contributed by atoms with van der Waals surface area (Å²) in [5.74, 6) is 0.718. The molecule has 0 aliphatic carbocycles. The normalized spacial score (nSPS) is 15.1. The molecular formula is C18H17ClN2O5. The Hall–Kier alpha value is -2.80. The van der Waals surface area contributed by atoms with Crippen molar-refractivity contribution in [3.63, 3.8) is 0 Å².